The molecule has 0 saturated carbocycles. The number of hydrogen-bond acceptors (Lipinski definition) is 2. The first-order valence-electron chi connectivity index (χ1n) is 6.70. The van der Waals surface area contributed by atoms with E-state index < -0.39 is 0 Å². The van der Waals surface area contributed by atoms with Gasteiger partial charge in [-0.2, -0.15) is 0 Å². The quantitative estimate of drug-likeness (QED) is 0.618. The van der Waals surface area contributed by atoms with Crippen LogP contribution in [0.15, 0.2) is 46.9 Å². The molecule has 2 rings (SSSR count). The molecule has 4 heteroatoms. The number of halogens is 1. The van der Waals surface area contributed by atoms with Crippen LogP contribution in [0.1, 0.15) is 31.9 Å². The molecule has 21 heavy (non-hydrogen) atoms. The van der Waals surface area contributed by atoms with Gasteiger partial charge in [-0.05, 0) is 57.2 Å². The van der Waals surface area contributed by atoms with Gasteiger partial charge in [0, 0.05) is 10.0 Å². The fourth-order valence-electron chi connectivity index (χ4n) is 1.94. The second kappa shape index (κ2) is 5.90. The summed E-state index contributed by atoms with van der Waals surface area (Å²) in [6, 6.07) is 13.5. The van der Waals surface area contributed by atoms with E-state index in [2.05, 4.69) is 42.8 Å². The molecule has 0 aliphatic heterocycles. The molecule has 3 N–H and O–H groups in total. The maximum atomic E-state index is 7.47. The second-order valence-corrected chi connectivity index (χ2v) is 6.79. The SMILES string of the molecule is CC(C)(C)c1cccc(Oc2ccc(C(=N)N)c(Br)c2)c1. The average molecular weight is 347 g/mol. The summed E-state index contributed by atoms with van der Waals surface area (Å²) in [6.45, 7) is 6.51. The predicted octanol–water partition coefficient (Wildman–Crippen LogP) is 4.82. The first-order chi connectivity index (χ1) is 9.77. The van der Waals surface area contributed by atoms with Crippen LogP contribution in [0.3, 0.4) is 0 Å². The normalized spacial score (nSPS) is 11.2. The molecule has 0 aromatic heterocycles. The van der Waals surface area contributed by atoms with Crippen molar-refractivity contribution in [2.45, 2.75) is 26.2 Å². The molecule has 3 nitrogen and oxygen atoms in total. The van der Waals surface area contributed by atoms with Crippen molar-refractivity contribution in [2.75, 3.05) is 0 Å². The molecule has 110 valence electrons. The van der Waals surface area contributed by atoms with Crippen molar-refractivity contribution in [3.63, 3.8) is 0 Å². The van der Waals surface area contributed by atoms with E-state index in [0.717, 1.165) is 10.2 Å². The van der Waals surface area contributed by atoms with Crippen molar-refractivity contribution in [1.82, 2.24) is 0 Å². The van der Waals surface area contributed by atoms with Crippen LogP contribution in [0.5, 0.6) is 11.5 Å². The lowest BCUT2D eigenvalue weighted by Crippen LogP contribution is -2.11. The summed E-state index contributed by atoms with van der Waals surface area (Å²) < 4.78 is 6.64. The van der Waals surface area contributed by atoms with Crippen molar-refractivity contribution in [3.05, 3.63) is 58.1 Å². The Morgan fingerprint density at radius 3 is 2.33 bits per heavy atom. The van der Waals surface area contributed by atoms with E-state index in [0.29, 0.717) is 11.3 Å². The van der Waals surface area contributed by atoms with Gasteiger partial charge in [0.05, 0.1) is 0 Å². The smallest absolute Gasteiger partial charge is 0.128 e. The predicted molar refractivity (Wildman–Crippen MR) is 90.4 cm³/mol. The van der Waals surface area contributed by atoms with Gasteiger partial charge in [0.15, 0.2) is 0 Å². The highest BCUT2D eigenvalue weighted by Crippen LogP contribution is 2.30. The van der Waals surface area contributed by atoms with Gasteiger partial charge in [-0.1, -0.05) is 32.9 Å². The molecular formula is C17H19BrN2O. The van der Waals surface area contributed by atoms with Gasteiger partial charge in [0.2, 0.25) is 0 Å². The number of nitrogens with one attached hydrogen (secondary N) is 1. The van der Waals surface area contributed by atoms with Crippen molar-refractivity contribution in [2.24, 2.45) is 5.73 Å². The van der Waals surface area contributed by atoms with Crippen LogP contribution in [0.4, 0.5) is 0 Å². The Labute approximate surface area is 133 Å². The highest BCUT2D eigenvalue weighted by Gasteiger charge is 2.14. The summed E-state index contributed by atoms with van der Waals surface area (Å²) in [5, 5.41) is 7.47. The van der Waals surface area contributed by atoms with Crippen molar-refractivity contribution >= 4 is 21.8 Å². The molecule has 0 amide bonds. The van der Waals surface area contributed by atoms with Crippen LogP contribution < -0.4 is 10.5 Å². The van der Waals surface area contributed by atoms with Gasteiger partial charge in [0.1, 0.15) is 17.3 Å². The zero-order valence-electron chi connectivity index (χ0n) is 12.4. The molecule has 0 radical (unpaired) electrons. The summed E-state index contributed by atoms with van der Waals surface area (Å²) in [4.78, 5) is 0. The Kier molecular flexibility index (Phi) is 4.37. The van der Waals surface area contributed by atoms with E-state index >= 15 is 0 Å². The fourth-order valence-corrected chi connectivity index (χ4v) is 2.51. The lowest BCUT2D eigenvalue weighted by molar-refractivity contribution is 0.478. The molecule has 2 aromatic rings. The van der Waals surface area contributed by atoms with Crippen LogP contribution in [-0.4, -0.2) is 5.84 Å². The maximum Gasteiger partial charge on any atom is 0.128 e. The summed E-state index contributed by atoms with van der Waals surface area (Å²) in [5.74, 6) is 1.53. The van der Waals surface area contributed by atoms with Crippen LogP contribution in [0.2, 0.25) is 0 Å². The molecule has 0 spiro atoms. The fraction of sp³-hybridized carbons (Fsp3) is 0.235. The maximum absolute atomic E-state index is 7.47. The minimum atomic E-state index is 0.0307. The van der Waals surface area contributed by atoms with E-state index in [-0.39, 0.29) is 11.3 Å². The number of rotatable bonds is 3. The molecule has 0 unspecified atom stereocenters. The minimum absolute atomic E-state index is 0.0307. The molecule has 0 aliphatic rings. The van der Waals surface area contributed by atoms with Gasteiger partial charge in [-0.15, -0.1) is 0 Å². The lowest BCUT2D eigenvalue weighted by atomic mass is 9.87. The van der Waals surface area contributed by atoms with Crippen LogP contribution >= 0.6 is 15.9 Å². The average Bonchev–Trinajstić information content (AvgIpc) is 2.37. The Morgan fingerprint density at radius 2 is 1.76 bits per heavy atom. The summed E-state index contributed by atoms with van der Waals surface area (Å²) in [5.41, 5.74) is 7.46. The van der Waals surface area contributed by atoms with Crippen molar-refractivity contribution in [3.8, 4) is 11.5 Å². The Morgan fingerprint density at radius 1 is 1.10 bits per heavy atom. The zero-order valence-corrected chi connectivity index (χ0v) is 14.0. The van der Waals surface area contributed by atoms with Gasteiger partial charge in [-0.25, -0.2) is 0 Å². The zero-order chi connectivity index (χ0) is 15.6. The topological polar surface area (TPSA) is 59.1 Å². The third-order valence-electron chi connectivity index (χ3n) is 3.17. The summed E-state index contributed by atoms with van der Waals surface area (Å²) in [7, 11) is 0. The van der Waals surface area contributed by atoms with Crippen LogP contribution in [0, 0.1) is 5.41 Å². The largest absolute Gasteiger partial charge is 0.457 e. The molecule has 2 aromatic carbocycles. The van der Waals surface area contributed by atoms with Gasteiger partial charge < -0.3 is 10.5 Å². The van der Waals surface area contributed by atoms with Crippen molar-refractivity contribution in [1.29, 1.82) is 5.41 Å². The Hall–Kier alpha value is -1.81. The number of hydrogen-bond donors (Lipinski definition) is 2. The van der Waals surface area contributed by atoms with E-state index in [4.69, 9.17) is 15.9 Å². The molecule has 0 heterocycles. The molecular weight excluding hydrogens is 328 g/mol. The van der Waals surface area contributed by atoms with Crippen LogP contribution in [-0.2, 0) is 5.41 Å². The Bertz CT molecular complexity index is 675. The number of nitrogen functional groups attached to an aromatic ring is 1. The first kappa shape index (κ1) is 15.6. The Balaban J connectivity index is 2.27. The summed E-state index contributed by atoms with van der Waals surface area (Å²) >= 11 is 3.41. The van der Waals surface area contributed by atoms with Gasteiger partial charge >= 0.3 is 0 Å². The standard InChI is InChI=1S/C17H19BrN2O/c1-17(2,3)11-5-4-6-12(9-11)21-13-7-8-14(16(19)20)15(18)10-13/h4-10H,1-3H3,(H3,19,20). The highest BCUT2D eigenvalue weighted by molar-refractivity contribution is 9.10. The number of ether oxygens (including phenoxy) is 1. The molecule has 0 fully saturated rings. The molecule has 0 bridgehead atoms. The molecule has 0 atom stereocenters. The number of amidine groups is 1. The van der Waals surface area contributed by atoms with E-state index in [1.807, 2.05) is 30.3 Å². The van der Waals surface area contributed by atoms with E-state index in [1.54, 1.807) is 6.07 Å². The number of benzene rings is 2. The van der Waals surface area contributed by atoms with E-state index in [1.165, 1.54) is 5.56 Å². The first-order valence-corrected chi connectivity index (χ1v) is 7.49. The van der Waals surface area contributed by atoms with Crippen molar-refractivity contribution < 1.29 is 4.74 Å². The monoisotopic (exact) mass is 346 g/mol. The van der Waals surface area contributed by atoms with Gasteiger partial charge in [0.25, 0.3) is 0 Å². The highest BCUT2D eigenvalue weighted by atomic mass is 79.9. The summed E-state index contributed by atoms with van der Waals surface area (Å²) in [6.07, 6.45) is 0. The minimum Gasteiger partial charge on any atom is -0.457 e. The molecule has 0 saturated heterocycles. The van der Waals surface area contributed by atoms with Gasteiger partial charge in [-0.3, -0.25) is 5.41 Å². The number of nitrogens with two attached hydrogens (primary N) is 1. The van der Waals surface area contributed by atoms with E-state index in [9.17, 15) is 0 Å². The molecule has 0 aliphatic carbocycles. The third-order valence-corrected chi connectivity index (χ3v) is 3.82. The lowest BCUT2D eigenvalue weighted by Gasteiger charge is -2.19. The third kappa shape index (κ3) is 3.85. The van der Waals surface area contributed by atoms with Crippen LogP contribution in [0.25, 0.3) is 0 Å². The second-order valence-electron chi connectivity index (χ2n) is 5.94.